The van der Waals surface area contributed by atoms with Gasteiger partial charge in [-0.25, -0.2) is 0 Å². The lowest BCUT2D eigenvalue weighted by atomic mass is 10.8. The Hall–Kier alpha value is -0.310. The van der Waals surface area contributed by atoms with Crippen LogP contribution in [0.5, 0.6) is 0 Å². The fourth-order valence-corrected chi connectivity index (χ4v) is 0.359. The maximum atomic E-state index is 6.96. The topological polar surface area (TPSA) is 28.7 Å². The molecule has 1 N–H and O–H groups in total. The fraction of sp³-hybridized carbons (Fsp3) is 0. The summed E-state index contributed by atoms with van der Waals surface area (Å²) in [7, 11) is 0. The van der Waals surface area contributed by atoms with Gasteiger partial charge >= 0.3 is 0 Å². The van der Waals surface area contributed by atoms with Crippen LogP contribution in [0.1, 0.15) is 2.74 Å². The maximum Gasteiger partial charge on any atom is 0.0872 e. The zero-order valence-electron chi connectivity index (χ0n) is 4.83. The molecular weight excluding hydrogens is 144 g/mol. The second kappa shape index (κ2) is 1.43. The minimum absolute atomic E-state index is 0.0787. The second-order valence-corrected chi connectivity index (χ2v) is 1.57. The van der Waals surface area contributed by atoms with Gasteiger partial charge in [-0.15, -0.1) is 0 Å². The number of rotatable bonds is 0. The molecule has 1 aromatic heterocycles. The molecule has 32 valence electrons. The molecule has 0 saturated carbocycles. The standard InChI is InChI=1S/C3H3BrN2/c4-3-1-5-6-2-3/h1-2H,(H,5,6)/i1D,2D. The van der Waals surface area contributed by atoms with E-state index >= 15 is 0 Å². The molecular formula is C3H3BrN2. The van der Waals surface area contributed by atoms with E-state index < -0.39 is 0 Å². The first-order valence-electron chi connectivity index (χ1n) is 2.39. The molecule has 3 heteroatoms. The van der Waals surface area contributed by atoms with Crippen LogP contribution in [0.4, 0.5) is 0 Å². The van der Waals surface area contributed by atoms with E-state index in [0.717, 1.165) is 0 Å². The quantitative estimate of drug-likeness (QED) is 0.589. The number of halogens is 1. The van der Waals surface area contributed by atoms with Crippen LogP contribution in [-0.4, -0.2) is 10.2 Å². The predicted octanol–water partition coefficient (Wildman–Crippen LogP) is 1.17. The highest BCUT2D eigenvalue weighted by Crippen LogP contribution is 2.01. The molecule has 0 aromatic carbocycles. The van der Waals surface area contributed by atoms with Crippen molar-refractivity contribution in [2.24, 2.45) is 0 Å². The molecule has 2 nitrogen and oxygen atoms in total. The Kier molecular flexibility index (Phi) is 0.503. The zero-order chi connectivity index (χ0) is 6.15. The second-order valence-electron chi connectivity index (χ2n) is 0.774. The SMILES string of the molecule is [2H]c1n[nH]c([2H])c1Br. The number of aromatic nitrogens is 2. The number of hydrogen-bond acceptors (Lipinski definition) is 1. The molecule has 0 aliphatic heterocycles. The van der Waals surface area contributed by atoms with Crippen molar-refractivity contribution in [3.05, 3.63) is 16.8 Å². The molecule has 0 amide bonds. The fourth-order valence-electron chi connectivity index (χ4n) is 0.182. The van der Waals surface area contributed by atoms with E-state index in [1.54, 1.807) is 0 Å². The van der Waals surface area contributed by atoms with Crippen LogP contribution in [-0.2, 0) is 0 Å². The first-order chi connectivity index (χ1) is 3.72. The van der Waals surface area contributed by atoms with Gasteiger partial charge in [0.05, 0.1) is 13.4 Å². The Labute approximate surface area is 46.5 Å². The van der Waals surface area contributed by atoms with Gasteiger partial charge in [-0.2, -0.15) is 5.10 Å². The van der Waals surface area contributed by atoms with Crippen LogP contribution in [0.3, 0.4) is 0 Å². The van der Waals surface area contributed by atoms with Gasteiger partial charge in [0.1, 0.15) is 0 Å². The summed E-state index contributed by atoms with van der Waals surface area (Å²) in [5.74, 6) is 0. The van der Waals surface area contributed by atoms with Gasteiger partial charge in [0.2, 0.25) is 0 Å². The van der Waals surface area contributed by atoms with E-state index in [1.807, 2.05) is 0 Å². The van der Waals surface area contributed by atoms with E-state index in [4.69, 9.17) is 2.74 Å². The highest BCUT2D eigenvalue weighted by molar-refractivity contribution is 9.10. The van der Waals surface area contributed by atoms with E-state index in [-0.39, 0.29) is 12.3 Å². The molecule has 1 aromatic rings. The molecule has 1 rings (SSSR count). The first-order valence-corrected chi connectivity index (χ1v) is 2.18. The van der Waals surface area contributed by atoms with E-state index in [9.17, 15) is 0 Å². The number of hydrogen-bond donors (Lipinski definition) is 1. The minimum atomic E-state index is 0.0787. The normalized spacial score (nSPS) is 13.5. The average molecular weight is 149 g/mol. The van der Waals surface area contributed by atoms with Crippen LogP contribution in [0.15, 0.2) is 16.8 Å². The predicted molar refractivity (Wildman–Crippen MR) is 26.3 cm³/mol. The van der Waals surface area contributed by atoms with Crippen molar-refractivity contribution in [3.63, 3.8) is 0 Å². The van der Waals surface area contributed by atoms with Crippen molar-refractivity contribution in [3.8, 4) is 0 Å². The van der Waals surface area contributed by atoms with Gasteiger partial charge in [-0.3, -0.25) is 5.10 Å². The molecule has 0 aliphatic rings. The van der Waals surface area contributed by atoms with Crippen molar-refractivity contribution >= 4 is 15.9 Å². The number of nitrogens with zero attached hydrogens (tertiary/aromatic N) is 1. The molecule has 0 saturated heterocycles. The third kappa shape index (κ3) is 0.597. The van der Waals surface area contributed by atoms with Gasteiger partial charge in [0.25, 0.3) is 0 Å². The van der Waals surface area contributed by atoms with Gasteiger partial charge in [0.15, 0.2) is 0 Å². The van der Waals surface area contributed by atoms with Crippen molar-refractivity contribution in [2.45, 2.75) is 0 Å². The summed E-state index contributed by atoms with van der Waals surface area (Å²) in [5, 5.41) is 5.74. The van der Waals surface area contributed by atoms with Gasteiger partial charge < -0.3 is 0 Å². The lowest BCUT2D eigenvalue weighted by Gasteiger charge is -1.59. The van der Waals surface area contributed by atoms with Crippen molar-refractivity contribution in [1.82, 2.24) is 10.2 Å². The summed E-state index contributed by atoms with van der Waals surface area (Å²) < 4.78 is 14.3. The lowest BCUT2D eigenvalue weighted by Crippen LogP contribution is -1.53. The van der Waals surface area contributed by atoms with E-state index in [0.29, 0.717) is 4.47 Å². The smallest absolute Gasteiger partial charge is 0.0872 e. The molecule has 0 unspecified atom stereocenters. The van der Waals surface area contributed by atoms with E-state index in [1.165, 1.54) is 0 Å². The molecule has 0 aliphatic carbocycles. The van der Waals surface area contributed by atoms with Gasteiger partial charge in [-0.1, -0.05) is 0 Å². The molecule has 0 radical (unpaired) electrons. The molecule has 0 atom stereocenters. The summed E-state index contributed by atoms with van der Waals surface area (Å²) in [4.78, 5) is 0. The minimum Gasteiger partial charge on any atom is -0.285 e. The van der Waals surface area contributed by atoms with Crippen LogP contribution in [0, 0.1) is 0 Å². The third-order valence-corrected chi connectivity index (χ3v) is 0.751. The summed E-state index contributed by atoms with van der Waals surface area (Å²) in [6, 6.07) is 0. The van der Waals surface area contributed by atoms with Crippen molar-refractivity contribution in [2.75, 3.05) is 0 Å². The lowest BCUT2D eigenvalue weighted by molar-refractivity contribution is 1.09. The number of nitrogens with one attached hydrogen (secondary N) is 1. The first kappa shape index (κ1) is 2.12. The highest BCUT2D eigenvalue weighted by Gasteiger charge is 1.77. The maximum absolute atomic E-state index is 6.96. The Morgan fingerprint density at radius 1 is 2.17 bits per heavy atom. The summed E-state index contributed by atoms with van der Waals surface area (Å²) in [6.45, 7) is 0. The van der Waals surface area contributed by atoms with Crippen molar-refractivity contribution in [1.29, 1.82) is 0 Å². The van der Waals surface area contributed by atoms with Crippen LogP contribution in [0.2, 0.25) is 0 Å². The largest absolute Gasteiger partial charge is 0.285 e. The van der Waals surface area contributed by atoms with Crippen molar-refractivity contribution < 1.29 is 2.74 Å². The van der Waals surface area contributed by atoms with Crippen LogP contribution < -0.4 is 0 Å². The zero-order valence-corrected chi connectivity index (χ0v) is 4.41. The molecule has 1 heterocycles. The van der Waals surface area contributed by atoms with Crippen LogP contribution in [0.25, 0.3) is 0 Å². The Morgan fingerprint density at radius 3 is 3.17 bits per heavy atom. The summed E-state index contributed by atoms with van der Waals surface area (Å²) >= 11 is 2.98. The molecule has 0 spiro atoms. The van der Waals surface area contributed by atoms with E-state index in [2.05, 4.69) is 26.1 Å². The number of aromatic amines is 1. The average Bonchev–Trinajstić information content (AvgIpc) is 1.98. The monoisotopic (exact) mass is 148 g/mol. The number of H-pyrrole nitrogens is 1. The Morgan fingerprint density at radius 2 is 3.00 bits per heavy atom. The highest BCUT2D eigenvalue weighted by atomic mass is 79.9. The molecule has 0 bridgehead atoms. The Balaban J connectivity index is 3.19. The molecule has 0 fully saturated rings. The van der Waals surface area contributed by atoms with Crippen LogP contribution >= 0.6 is 15.9 Å². The van der Waals surface area contributed by atoms with Gasteiger partial charge in [0, 0.05) is 6.17 Å². The summed E-state index contributed by atoms with van der Waals surface area (Å²) in [6.07, 6.45) is 0.227. The van der Waals surface area contributed by atoms with Gasteiger partial charge in [-0.05, 0) is 15.9 Å². The summed E-state index contributed by atoms with van der Waals surface area (Å²) in [5.41, 5.74) is 0. The Bertz CT molecular complexity index is 178. The molecule has 6 heavy (non-hydrogen) atoms. The third-order valence-electron chi connectivity index (χ3n) is 0.376.